The van der Waals surface area contributed by atoms with Gasteiger partial charge in [-0.2, -0.15) is 0 Å². The Morgan fingerprint density at radius 3 is 2.48 bits per heavy atom. The van der Waals surface area contributed by atoms with E-state index in [-0.39, 0.29) is 6.10 Å². The molecule has 2 N–H and O–H groups in total. The minimum atomic E-state index is -0.371. The Kier molecular flexibility index (Phi) is 11.2. The molecule has 0 aliphatic heterocycles. The van der Waals surface area contributed by atoms with Crippen molar-refractivity contribution in [3.05, 3.63) is 0 Å². The van der Waals surface area contributed by atoms with Gasteiger partial charge in [-0.15, -0.1) is 0 Å². The molecule has 1 fully saturated rings. The normalized spacial score (nSPS) is 20.1. The third-order valence-electron chi connectivity index (χ3n) is 4.73. The van der Waals surface area contributed by atoms with Crippen LogP contribution in [0.25, 0.3) is 0 Å². The van der Waals surface area contributed by atoms with E-state index < -0.39 is 0 Å². The van der Waals surface area contributed by atoms with Gasteiger partial charge < -0.3 is 15.2 Å². The first kappa shape index (κ1) is 18.9. The van der Waals surface area contributed by atoms with Crippen LogP contribution in [-0.2, 0) is 4.74 Å². The summed E-state index contributed by atoms with van der Waals surface area (Å²) < 4.78 is 5.55. The molecule has 21 heavy (non-hydrogen) atoms. The molecule has 0 bridgehead atoms. The van der Waals surface area contributed by atoms with Gasteiger partial charge in [-0.05, 0) is 32.1 Å². The first-order valence-corrected chi connectivity index (χ1v) is 9.23. The number of ether oxygens (including phenoxy) is 1. The second-order valence-electron chi connectivity index (χ2n) is 6.74. The molecule has 1 rings (SSSR count). The van der Waals surface area contributed by atoms with Gasteiger partial charge in [0.05, 0.1) is 12.7 Å². The summed E-state index contributed by atoms with van der Waals surface area (Å²) in [6, 6.07) is 0.516. The van der Waals surface area contributed by atoms with E-state index in [0.717, 1.165) is 18.9 Å². The molecule has 0 aromatic heterocycles. The van der Waals surface area contributed by atoms with Crippen molar-refractivity contribution in [1.82, 2.24) is 5.32 Å². The maximum atomic E-state index is 9.97. The Morgan fingerprint density at radius 1 is 1.10 bits per heavy atom. The number of hydrogen-bond donors (Lipinski definition) is 2. The maximum Gasteiger partial charge on any atom is 0.0897 e. The zero-order chi connectivity index (χ0) is 15.3. The number of hydrogen-bond acceptors (Lipinski definition) is 3. The molecule has 3 nitrogen and oxygen atoms in total. The van der Waals surface area contributed by atoms with E-state index in [1.54, 1.807) is 0 Å². The van der Waals surface area contributed by atoms with Gasteiger partial charge in [0.1, 0.15) is 0 Å². The Hall–Kier alpha value is -0.120. The molecular formula is C18H37NO2. The predicted molar refractivity (Wildman–Crippen MR) is 89.6 cm³/mol. The van der Waals surface area contributed by atoms with Crippen LogP contribution in [0.2, 0.25) is 0 Å². The minimum Gasteiger partial charge on any atom is -0.389 e. The molecule has 1 unspecified atom stereocenters. The standard InChI is InChI=1S/C18H37NO2/c1-3-4-5-10-13-21-15-18(20)14-19-16(2)17-11-8-6-7-9-12-17/h16-20H,3-15H2,1-2H3/t16-,18?/m1/s1. The van der Waals surface area contributed by atoms with E-state index >= 15 is 0 Å². The lowest BCUT2D eigenvalue weighted by Gasteiger charge is -2.25. The van der Waals surface area contributed by atoms with Gasteiger partial charge in [0.2, 0.25) is 0 Å². The van der Waals surface area contributed by atoms with Gasteiger partial charge in [0, 0.05) is 19.2 Å². The Morgan fingerprint density at radius 2 is 1.81 bits per heavy atom. The lowest BCUT2D eigenvalue weighted by Crippen LogP contribution is -2.39. The van der Waals surface area contributed by atoms with E-state index in [1.165, 1.54) is 57.8 Å². The molecule has 126 valence electrons. The number of rotatable bonds is 11. The molecule has 1 aliphatic carbocycles. The summed E-state index contributed by atoms with van der Waals surface area (Å²) in [6.45, 7) is 6.40. The fourth-order valence-electron chi connectivity index (χ4n) is 3.21. The molecule has 1 saturated carbocycles. The third kappa shape index (κ3) is 9.49. The first-order valence-electron chi connectivity index (χ1n) is 9.23. The van der Waals surface area contributed by atoms with Gasteiger partial charge in [0.25, 0.3) is 0 Å². The molecule has 3 heteroatoms. The lowest BCUT2D eigenvalue weighted by atomic mass is 9.93. The van der Waals surface area contributed by atoms with Gasteiger partial charge in [-0.1, -0.05) is 51.9 Å². The fourth-order valence-corrected chi connectivity index (χ4v) is 3.21. The Bertz CT molecular complexity index is 227. The molecule has 0 radical (unpaired) electrons. The predicted octanol–water partition coefficient (Wildman–Crippen LogP) is 3.89. The van der Waals surface area contributed by atoms with E-state index in [2.05, 4.69) is 19.2 Å². The van der Waals surface area contributed by atoms with Crippen LogP contribution in [0.15, 0.2) is 0 Å². The van der Waals surface area contributed by atoms with Crippen LogP contribution in [-0.4, -0.2) is 37.0 Å². The molecule has 0 saturated heterocycles. The largest absolute Gasteiger partial charge is 0.389 e. The second kappa shape index (κ2) is 12.4. The molecular weight excluding hydrogens is 262 g/mol. The highest BCUT2D eigenvalue weighted by Crippen LogP contribution is 2.25. The van der Waals surface area contributed by atoms with Gasteiger partial charge in [0.15, 0.2) is 0 Å². The molecule has 0 amide bonds. The van der Waals surface area contributed by atoms with Crippen LogP contribution in [0.3, 0.4) is 0 Å². The molecule has 0 aromatic rings. The van der Waals surface area contributed by atoms with Crippen LogP contribution in [0.5, 0.6) is 0 Å². The summed E-state index contributed by atoms with van der Waals surface area (Å²) in [6.07, 6.45) is 12.8. The first-order chi connectivity index (χ1) is 10.2. The monoisotopic (exact) mass is 299 g/mol. The average Bonchev–Trinajstić information content (AvgIpc) is 2.77. The van der Waals surface area contributed by atoms with Crippen LogP contribution >= 0.6 is 0 Å². The topological polar surface area (TPSA) is 41.5 Å². The van der Waals surface area contributed by atoms with E-state index in [1.807, 2.05) is 0 Å². The van der Waals surface area contributed by atoms with Crippen molar-refractivity contribution >= 4 is 0 Å². The summed E-state index contributed by atoms with van der Waals surface area (Å²) in [4.78, 5) is 0. The van der Waals surface area contributed by atoms with Gasteiger partial charge >= 0.3 is 0 Å². The second-order valence-corrected chi connectivity index (χ2v) is 6.74. The van der Waals surface area contributed by atoms with Crippen LogP contribution in [0.4, 0.5) is 0 Å². The molecule has 0 aromatic carbocycles. The fraction of sp³-hybridized carbons (Fsp3) is 1.00. The van der Waals surface area contributed by atoms with Crippen molar-refractivity contribution < 1.29 is 9.84 Å². The van der Waals surface area contributed by atoms with E-state index in [9.17, 15) is 5.11 Å². The van der Waals surface area contributed by atoms with Gasteiger partial charge in [-0.3, -0.25) is 0 Å². The summed E-state index contributed by atoms with van der Waals surface area (Å²) in [5.41, 5.74) is 0. The van der Waals surface area contributed by atoms with Crippen molar-refractivity contribution in [2.45, 2.75) is 90.2 Å². The van der Waals surface area contributed by atoms with Gasteiger partial charge in [-0.25, -0.2) is 0 Å². The average molecular weight is 299 g/mol. The van der Waals surface area contributed by atoms with E-state index in [0.29, 0.717) is 19.2 Å². The Balaban J connectivity index is 2.01. The number of aliphatic hydroxyl groups is 1. The minimum absolute atomic E-state index is 0.371. The zero-order valence-corrected chi connectivity index (χ0v) is 14.3. The highest BCUT2D eigenvalue weighted by Gasteiger charge is 2.19. The van der Waals surface area contributed by atoms with Crippen LogP contribution < -0.4 is 5.32 Å². The summed E-state index contributed by atoms with van der Waals surface area (Å²) in [7, 11) is 0. The highest BCUT2D eigenvalue weighted by atomic mass is 16.5. The number of unbranched alkanes of at least 4 members (excludes halogenated alkanes) is 3. The number of aliphatic hydroxyl groups excluding tert-OH is 1. The van der Waals surface area contributed by atoms with E-state index in [4.69, 9.17) is 4.74 Å². The van der Waals surface area contributed by atoms with Crippen molar-refractivity contribution in [2.24, 2.45) is 5.92 Å². The summed E-state index contributed by atoms with van der Waals surface area (Å²) in [5.74, 6) is 0.787. The van der Waals surface area contributed by atoms with Crippen LogP contribution in [0, 0.1) is 5.92 Å². The lowest BCUT2D eigenvalue weighted by molar-refractivity contribution is 0.0332. The van der Waals surface area contributed by atoms with Crippen molar-refractivity contribution in [3.63, 3.8) is 0 Å². The SMILES string of the molecule is CCCCCCOCC(O)CN[C@H](C)C1CCCCCC1. The van der Waals surface area contributed by atoms with Crippen molar-refractivity contribution in [1.29, 1.82) is 0 Å². The highest BCUT2D eigenvalue weighted by molar-refractivity contribution is 4.76. The molecule has 2 atom stereocenters. The van der Waals surface area contributed by atoms with Crippen LogP contribution in [0.1, 0.15) is 78.1 Å². The smallest absolute Gasteiger partial charge is 0.0897 e. The number of nitrogens with one attached hydrogen (secondary N) is 1. The molecule has 0 heterocycles. The Labute approximate surface area is 131 Å². The molecule has 0 spiro atoms. The third-order valence-corrected chi connectivity index (χ3v) is 4.73. The van der Waals surface area contributed by atoms with Crippen molar-refractivity contribution in [2.75, 3.05) is 19.8 Å². The summed E-state index contributed by atoms with van der Waals surface area (Å²) in [5, 5.41) is 13.5. The quantitative estimate of drug-likeness (QED) is 0.449. The zero-order valence-electron chi connectivity index (χ0n) is 14.3. The summed E-state index contributed by atoms with van der Waals surface area (Å²) >= 11 is 0. The van der Waals surface area contributed by atoms with Crippen molar-refractivity contribution in [3.8, 4) is 0 Å². The molecule has 1 aliphatic rings. The maximum absolute atomic E-state index is 9.97.